The monoisotopic (exact) mass is 172 g/mol. The summed E-state index contributed by atoms with van der Waals surface area (Å²) >= 11 is 0. The minimum atomic E-state index is -0.457. The molecule has 0 bridgehead atoms. The van der Waals surface area contributed by atoms with Gasteiger partial charge in [0.15, 0.2) is 0 Å². The van der Waals surface area contributed by atoms with Crippen molar-refractivity contribution in [2.45, 2.75) is 6.61 Å². The van der Waals surface area contributed by atoms with Crippen LogP contribution in [0.15, 0.2) is 12.3 Å². The van der Waals surface area contributed by atoms with E-state index in [1.54, 1.807) is 0 Å². The van der Waals surface area contributed by atoms with Gasteiger partial charge in [-0.15, -0.1) is 0 Å². The maximum atomic E-state index is 12.8. The van der Waals surface area contributed by atoms with Crippen molar-refractivity contribution in [2.24, 2.45) is 5.90 Å². The SMILES string of the molecule is COc1cc(CON)c(F)cn1. The van der Waals surface area contributed by atoms with Gasteiger partial charge in [-0.25, -0.2) is 15.3 Å². The Hall–Kier alpha value is -1.20. The Balaban J connectivity index is 2.91. The Labute approximate surface area is 69.1 Å². The van der Waals surface area contributed by atoms with Crippen LogP contribution in [-0.2, 0) is 11.4 Å². The highest BCUT2D eigenvalue weighted by molar-refractivity contribution is 5.21. The van der Waals surface area contributed by atoms with E-state index < -0.39 is 5.82 Å². The van der Waals surface area contributed by atoms with Crippen LogP contribution in [-0.4, -0.2) is 12.1 Å². The molecule has 0 saturated heterocycles. The normalized spacial score (nSPS) is 9.92. The number of pyridine rings is 1. The lowest BCUT2D eigenvalue weighted by atomic mass is 10.3. The lowest BCUT2D eigenvalue weighted by Crippen LogP contribution is -2.02. The van der Waals surface area contributed by atoms with Crippen molar-refractivity contribution in [2.75, 3.05) is 7.11 Å². The number of aromatic nitrogens is 1. The Bertz CT molecular complexity index is 268. The number of halogens is 1. The molecule has 0 aliphatic carbocycles. The number of hydrogen-bond donors (Lipinski definition) is 1. The van der Waals surface area contributed by atoms with Gasteiger partial charge in [0.2, 0.25) is 5.88 Å². The molecule has 0 spiro atoms. The zero-order valence-electron chi connectivity index (χ0n) is 6.58. The van der Waals surface area contributed by atoms with Crippen molar-refractivity contribution in [3.63, 3.8) is 0 Å². The quantitative estimate of drug-likeness (QED) is 0.679. The van der Waals surface area contributed by atoms with Crippen LogP contribution in [0.25, 0.3) is 0 Å². The third kappa shape index (κ3) is 1.90. The Morgan fingerprint density at radius 3 is 3.00 bits per heavy atom. The average Bonchev–Trinajstić information content (AvgIpc) is 2.09. The van der Waals surface area contributed by atoms with Gasteiger partial charge in [0.25, 0.3) is 0 Å². The molecule has 0 fully saturated rings. The van der Waals surface area contributed by atoms with E-state index >= 15 is 0 Å². The summed E-state index contributed by atoms with van der Waals surface area (Å²) in [4.78, 5) is 7.93. The Morgan fingerprint density at radius 2 is 2.42 bits per heavy atom. The largest absolute Gasteiger partial charge is 0.481 e. The van der Waals surface area contributed by atoms with E-state index in [0.29, 0.717) is 11.4 Å². The first-order valence-corrected chi connectivity index (χ1v) is 3.28. The molecule has 1 heterocycles. The van der Waals surface area contributed by atoms with E-state index in [2.05, 4.69) is 9.82 Å². The van der Waals surface area contributed by atoms with E-state index in [9.17, 15) is 4.39 Å². The Morgan fingerprint density at radius 1 is 1.67 bits per heavy atom. The fourth-order valence-electron chi connectivity index (χ4n) is 0.770. The molecule has 4 nitrogen and oxygen atoms in total. The van der Waals surface area contributed by atoms with E-state index in [1.165, 1.54) is 13.2 Å². The maximum absolute atomic E-state index is 12.8. The lowest BCUT2D eigenvalue weighted by Gasteiger charge is -2.02. The fraction of sp³-hybridized carbons (Fsp3) is 0.286. The van der Waals surface area contributed by atoms with Gasteiger partial charge >= 0.3 is 0 Å². The van der Waals surface area contributed by atoms with E-state index in [1.807, 2.05) is 0 Å². The Kier molecular flexibility index (Phi) is 2.95. The summed E-state index contributed by atoms with van der Waals surface area (Å²) in [6, 6.07) is 1.43. The number of rotatable bonds is 3. The van der Waals surface area contributed by atoms with Crippen molar-refractivity contribution < 1.29 is 14.0 Å². The highest BCUT2D eigenvalue weighted by Gasteiger charge is 2.04. The maximum Gasteiger partial charge on any atom is 0.213 e. The summed E-state index contributed by atoms with van der Waals surface area (Å²) in [6.07, 6.45) is 1.06. The van der Waals surface area contributed by atoms with Crippen LogP contribution in [0.5, 0.6) is 5.88 Å². The van der Waals surface area contributed by atoms with Crippen molar-refractivity contribution >= 4 is 0 Å². The molecule has 0 aromatic carbocycles. The van der Waals surface area contributed by atoms with Gasteiger partial charge in [-0.3, -0.25) is 4.84 Å². The first kappa shape index (κ1) is 8.89. The van der Waals surface area contributed by atoms with Crippen molar-refractivity contribution in [3.05, 3.63) is 23.6 Å². The molecule has 0 aliphatic heterocycles. The third-order valence-corrected chi connectivity index (χ3v) is 1.36. The summed E-state index contributed by atoms with van der Waals surface area (Å²) in [5.41, 5.74) is 0.323. The molecule has 0 atom stereocenters. The first-order valence-electron chi connectivity index (χ1n) is 3.28. The summed E-state index contributed by atoms with van der Waals surface area (Å²) in [5.74, 6) is 4.67. The van der Waals surface area contributed by atoms with Gasteiger partial charge in [0.05, 0.1) is 19.9 Å². The van der Waals surface area contributed by atoms with E-state index in [4.69, 9.17) is 10.6 Å². The molecule has 0 unspecified atom stereocenters. The highest BCUT2D eigenvalue weighted by atomic mass is 19.1. The summed E-state index contributed by atoms with van der Waals surface area (Å²) in [5, 5.41) is 0. The molecule has 1 aromatic rings. The van der Waals surface area contributed by atoms with Crippen LogP contribution < -0.4 is 10.6 Å². The molecule has 0 amide bonds. The second-order valence-corrected chi connectivity index (χ2v) is 2.13. The first-order chi connectivity index (χ1) is 5.77. The topological polar surface area (TPSA) is 57.4 Å². The van der Waals surface area contributed by atoms with Crippen LogP contribution in [0.2, 0.25) is 0 Å². The number of ether oxygens (including phenoxy) is 1. The second-order valence-electron chi connectivity index (χ2n) is 2.13. The highest BCUT2D eigenvalue weighted by Crippen LogP contribution is 2.12. The van der Waals surface area contributed by atoms with Crippen molar-refractivity contribution in [1.29, 1.82) is 0 Å². The summed E-state index contributed by atoms with van der Waals surface area (Å²) < 4.78 is 17.6. The molecule has 2 N–H and O–H groups in total. The van der Waals surface area contributed by atoms with E-state index in [-0.39, 0.29) is 6.61 Å². The predicted octanol–water partition coefficient (Wildman–Crippen LogP) is 0.620. The molecule has 1 rings (SSSR count). The van der Waals surface area contributed by atoms with Crippen LogP contribution >= 0.6 is 0 Å². The molecular formula is C7H9FN2O2. The summed E-state index contributed by atoms with van der Waals surface area (Å²) in [7, 11) is 1.45. The smallest absolute Gasteiger partial charge is 0.213 e. The van der Waals surface area contributed by atoms with Gasteiger partial charge in [-0.2, -0.15) is 0 Å². The van der Waals surface area contributed by atoms with Crippen LogP contribution in [0.3, 0.4) is 0 Å². The minimum absolute atomic E-state index is 0.00468. The second kappa shape index (κ2) is 3.99. The van der Waals surface area contributed by atoms with Gasteiger partial charge < -0.3 is 4.74 Å². The molecule has 12 heavy (non-hydrogen) atoms. The van der Waals surface area contributed by atoms with Crippen LogP contribution in [0.4, 0.5) is 4.39 Å². The molecule has 66 valence electrons. The van der Waals surface area contributed by atoms with Gasteiger partial charge in [0, 0.05) is 11.6 Å². The van der Waals surface area contributed by atoms with Gasteiger partial charge in [0.1, 0.15) is 5.82 Å². The number of methoxy groups -OCH3 is 1. The predicted molar refractivity (Wildman–Crippen MR) is 39.7 cm³/mol. The lowest BCUT2D eigenvalue weighted by molar-refractivity contribution is 0.121. The van der Waals surface area contributed by atoms with E-state index in [0.717, 1.165) is 6.20 Å². The van der Waals surface area contributed by atoms with Crippen molar-refractivity contribution in [1.82, 2.24) is 4.98 Å². The zero-order chi connectivity index (χ0) is 8.97. The molecular weight excluding hydrogens is 163 g/mol. The van der Waals surface area contributed by atoms with Gasteiger partial charge in [-0.1, -0.05) is 0 Å². The van der Waals surface area contributed by atoms with Crippen molar-refractivity contribution in [3.8, 4) is 5.88 Å². The van der Waals surface area contributed by atoms with Gasteiger partial charge in [-0.05, 0) is 0 Å². The molecule has 0 saturated carbocycles. The average molecular weight is 172 g/mol. The molecule has 0 aliphatic rings. The summed E-state index contributed by atoms with van der Waals surface area (Å²) in [6.45, 7) is 0.00468. The third-order valence-electron chi connectivity index (χ3n) is 1.36. The zero-order valence-corrected chi connectivity index (χ0v) is 6.58. The number of nitrogens with two attached hydrogens (primary N) is 1. The number of hydrogen-bond acceptors (Lipinski definition) is 4. The standard InChI is InChI=1S/C7H9FN2O2/c1-11-7-2-5(4-12-9)6(8)3-10-7/h2-3H,4,9H2,1H3. The molecule has 5 heteroatoms. The molecule has 1 aromatic heterocycles. The molecule has 0 radical (unpaired) electrons. The fourth-order valence-corrected chi connectivity index (χ4v) is 0.770. The van der Waals surface area contributed by atoms with Crippen LogP contribution in [0, 0.1) is 5.82 Å². The number of nitrogens with zero attached hydrogens (tertiary/aromatic N) is 1. The van der Waals surface area contributed by atoms with Crippen LogP contribution in [0.1, 0.15) is 5.56 Å². The minimum Gasteiger partial charge on any atom is -0.481 e.